The number of likely N-dealkylation sites (tertiary alicyclic amines) is 1. The lowest BCUT2D eigenvalue weighted by Crippen LogP contribution is -2.32. The summed E-state index contributed by atoms with van der Waals surface area (Å²) in [6.45, 7) is 5.69. The highest BCUT2D eigenvalue weighted by atomic mass is 16.6. The monoisotopic (exact) mass is 248 g/mol. The average molecular weight is 248 g/mol. The maximum Gasteiger partial charge on any atom is 0.410 e. The van der Waals surface area contributed by atoms with E-state index in [1.165, 1.54) is 5.56 Å². The molecule has 2 rings (SSSR count). The predicted molar refractivity (Wildman–Crippen MR) is 70.3 cm³/mol. The normalized spacial score (nSPS) is 19.1. The number of benzene rings is 1. The number of rotatable bonds is 2. The minimum atomic E-state index is -0.260. The van der Waals surface area contributed by atoms with E-state index in [0.29, 0.717) is 19.7 Å². The van der Waals surface area contributed by atoms with Crippen LogP contribution in [0, 0.1) is 13.8 Å². The highest BCUT2D eigenvalue weighted by Gasteiger charge is 2.24. The lowest BCUT2D eigenvalue weighted by Gasteiger charge is -2.16. The Kier molecular flexibility index (Phi) is 3.87. The van der Waals surface area contributed by atoms with Crippen LogP contribution in [0.2, 0.25) is 0 Å². The molecule has 4 heteroatoms. The Balaban J connectivity index is 1.91. The van der Waals surface area contributed by atoms with Gasteiger partial charge in [0.1, 0.15) is 6.61 Å². The van der Waals surface area contributed by atoms with Crippen LogP contribution < -0.4 is 5.73 Å². The number of ether oxygens (including phenoxy) is 1. The molecule has 98 valence electrons. The summed E-state index contributed by atoms with van der Waals surface area (Å²) in [5, 5.41) is 0. The standard InChI is InChI=1S/C14H20N2O2/c1-10-3-4-11(2)12(7-10)9-18-14(17)16-6-5-13(15)8-16/h3-4,7,13H,5-6,8-9,15H2,1-2H3. The van der Waals surface area contributed by atoms with Gasteiger partial charge in [-0.25, -0.2) is 4.79 Å². The zero-order chi connectivity index (χ0) is 13.1. The van der Waals surface area contributed by atoms with Crippen LogP contribution in [-0.2, 0) is 11.3 Å². The van der Waals surface area contributed by atoms with Crippen molar-refractivity contribution in [1.82, 2.24) is 4.90 Å². The Morgan fingerprint density at radius 1 is 1.50 bits per heavy atom. The fourth-order valence-electron chi connectivity index (χ4n) is 2.14. The van der Waals surface area contributed by atoms with Gasteiger partial charge in [0, 0.05) is 19.1 Å². The number of nitrogens with two attached hydrogens (primary N) is 1. The molecule has 18 heavy (non-hydrogen) atoms. The summed E-state index contributed by atoms with van der Waals surface area (Å²) in [6, 6.07) is 6.25. The second kappa shape index (κ2) is 5.40. The van der Waals surface area contributed by atoms with E-state index in [-0.39, 0.29) is 12.1 Å². The highest BCUT2D eigenvalue weighted by Crippen LogP contribution is 2.14. The minimum absolute atomic E-state index is 0.0956. The van der Waals surface area contributed by atoms with E-state index >= 15 is 0 Å². The van der Waals surface area contributed by atoms with Gasteiger partial charge in [-0.05, 0) is 31.4 Å². The van der Waals surface area contributed by atoms with E-state index in [1.807, 2.05) is 19.9 Å². The number of carbonyl (C=O) groups is 1. The van der Waals surface area contributed by atoms with Crippen LogP contribution in [0.1, 0.15) is 23.1 Å². The van der Waals surface area contributed by atoms with Gasteiger partial charge in [-0.15, -0.1) is 0 Å². The third-order valence-corrected chi connectivity index (χ3v) is 3.34. The van der Waals surface area contributed by atoms with E-state index < -0.39 is 0 Å². The van der Waals surface area contributed by atoms with Crippen LogP contribution in [0.5, 0.6) is 0 Å². The largest absolute Gasteiger partial charge is 0.445 e. The molecule has 2 N–H and O–H groups in total. The smallest absolute Gasteiger partial charge is 0.410 e. The molecule has 0 saturated carbocycles. The van der Waals surface area contributed by atoms with Gasteiger partial charge in [0.15, 0.2) is 0 Å². The van der Waals surface area contributed by atoms with Crippen LogP contribution in [0.25, 0.3) is 0 Å². The Morgan fingerprint density at radius 2 is 2.28 bits per heavy atom. The maximum atomic E-state index is 11.8. The zero-order valence-electron chi connectivity index (χ0n) is 11.0. The van der Waals surface area contributed by atoms with Crippen molar-refractivity contribution in [2.24, 2.45) is 5.73 Å². The summed E-state index contributed by atoms with van der Waals surface area (Å²) in [4.78, 5) is 13.5. The summed E-state index contributed by atoms with van der Waals surface area (Å²) in [6.07, 6.45) is 0.599. The summed E-state index contributed by atoms with van der Waals surface area (Å²) < 4.78 is 5.33. The fourth-order valence-corrected chi connectivity index (χ4v) is 2.14. The molecule has 0 spiro atoms. The van der Waals surface area contributed by atoms with Gasteiger partial charge in [0.05, 0.1) is 0 Å². The molecule has 1 aromatic rings. The van der Waals surface area contributed by atoms with E-state index in [1.54, 1.807) is 4.90 Å². The van der Waals surface area contributed by atoms with Crippen molar-refractivity contribution in [2.45, 2.75) is 32.9 Å². The van der Waals surface area contributed by atoms with Gasteiger partial charge < -0.3 is 15.4 Å². The molecule has 1 saturated heterocycles. The van der Waals surface area contributed by atoms with E-state index in [9.17, 15) is 4.79 Å². The molecule has 0 bridgehead atoms. The Morgan fingerprint density at radius 3 is 2.94 bits per heavy atom. The molecule has 1 fully saturated rings. The highest BCUT2D eigenvalue weighted by molar-refractivity contribution is 5.68. The number of aryl methyl sites for hydroxylation is 2. The van der Waals surface area contributed by atoms with Crippen LogP contribution >= 0.6 is 0 Å². The maximum absolute atomic E-state index is 11.8. The number of hydrogen-bond donors (Lipinski definition) is 1. The van der Waals surface area contributed by atoms with Crippen molar-refractivity contribution >= 4 is 6.09 Å². The number of nitrogens with zero attached hydrogens (tertiary/aromatic N) is 1. The van der Waals surface area contributed by atoms with Crippen LogP contribution in [0.4, 0.5) is 4.79 Å². The van der Waals surface area contributed by atoms with Crippen molar-refractivity contribution in [3.05, 3.63) is 34.9 Å². The van der Waals surface area contributed by atoms with Gasteiger partial charge in [-0.3, -0.25) is 0 Å². The fraction of sp³-hybridized carbons (Fsp3) is 0.500. The van der Waals surface area contributed by atoms with Crippen molar-refractivity contribution in [3.8, 4) is 0 Å². The first-order chi connectivity index (χ1) is 8.56. The Bertz CT molecular complexity index is 445. The number of amides is 1. The molecule has 4 nitrogen and oxygen atoms in total. The van der Waals surface area contributed by atoms with Crippen molar-refractivity contribution in [1.29, 1.82) is 0 Å². The molecule has 1 unspecified atom stereocenters. The van der Waals surface area contributed by atoms with E-state index in [4.69, 9.17) is 10.5 Å². The van der Waals surface area contributed by atoms with Crippen LogP contribution in [0.15, 0.2) is 18.2 Å². The number of carbonyl (C=O) groups excluding carboxylic acids is 1. The second-order valence-electron chi connectivity index (χ2n) is 4.98. The molecule has 1 atom stereocenters. The molecule has 0 radical (unpaired) electrons. The van der Waals surface area contributed by atoms with Crippen LogP contribution in [0.3, 0.4) is 0 Å². The summed E-state index contributed by atoms with van der Waals surface area (Å²) in [7, 11) is 0. The van der Waals surface area contributed by atoms with Gasteiger partial charge >= 0.3 is 6.09 Å². The quantitative estimate of drug-likeness (QED) is 0.870. The van der Waals surface area contributed by atoms with Crippen molar-refractivity contribution in [3.63, 3.8) is 0 Å². The molecule has 1 aliphatic heterocycles. The minimum Gasteiger partial charge on any atom is -0.445 e. The van der Waals surface area contributed by atoms with Crippen molar-refractivity contribution < 1.29 is 9.53 Å². The molecule has 1 heterocycles. The summed E-state index contributed by atoms with van der Waals surface area (Å²) in [5.74, 6) is 0. The molecular weight excluding hydrogens is 228 g/mol. The first-order valence-corrected chi connectivity index (χ1v) is 6.29. The lowest BCUT2D eigenvalue weighted by atomic mass is 10.1. The van der Waals surface area contributed by atoms with Gasteiger partial charge in [0.25, 0.3) is 0 Å². The summed E-state index contributed by atoms with van der Waals surface area (Å²) >= 11 is 0. The van der Waals surface area contributed by atoms with Gasteiger partial charge in [-0.1, -0.05) is 23.8 Å². The average Bonchev–Trinajstić information content (AvgIpc) is 2.77. The molecule has 1 aromatic carbocycles. The van der Waals surface area contributed by atoms with Gasteiger partial charge in [0.2, 0.25) is 0 Å². The first kappa shape index (κ1) is 12.9. The molecular formula is C14H20N2O2. The Labute approximate surface area is 108 Å². The van der Waals surface area contributed by atoms with E-state index in [2.05, 4.69) is 12.1 Å². The zero-order valence-corrected chi connectivity index (χ0v) is 11.0. The predicted octanol–water partition coefficient (Wildman–Crippen LogP) is 1.97. The van der Waals surface area contributed by atoms with E-state index in [0.717, 1.165) is 17.5 Å². The topological polar surface area (TPSA) is 55.6 Å². The third kappa shape index (κ3) is 3.01. The first-order valence-electron chi connectivity index (χ1n) is 6.29. The second-order valence-corrected chi connectivity index (χ2v) is 4.98. The Hall–Kier alpha value is -1.55. The van der Waals surface area contributed by atoms with Crippen molar-refractivity contribution in [2.75, 3.05) is 13.1 Å². The summed E-state index contributed by atoms with van der Waals surface area (Å²) in [5.41, 5.74) is 9.15. The lowest BCUT2D eigenvalue weighted by molar-refractivity contribution is 0.104. The van der Waals surface area contributed by atoms with Crippen LogP contribution in [-0.4, -0.2) is 30.1 Å². The SMILES string of the molecule is Cc1ccc(C)c(COC(=O)N2CCC(N)C2)c1. The molecule has 0 aromatic heterocycles. The third-order valence-electron chi connectivity index (χ3n) is 3.34. The molecule has 0 aliphatic carbocycles. The van der Waals surface area contributed by atoms with Gasteiger partial charge in [-0.2, -0.15) is 0 Å². The molecule has 1 amide bonds. The number of hydrogen-bond acceptors (Lipinski definition) is 3. The molecule has 1 aliphatic rings.